The van der Waals surface area contributed by atoms with Gasteiger partial charge in [-0.3, -0.25) is 0 Å². The summed E-state index contributed by atoms with van der Waals surface area (Å²) in [7, 11) is -0.734. The molecule has 0 aromatic heterocycles. The second-order valence-electron chi connectivity index (χ2n) is 5.99. The number of benzene rings is 1. The van der Waals surface area contributed by atoms with Crippen molar-refractivity contribution in [3.8, 4) is 11.8 Å². The quantitative estimate of drug-likeness (QED) is 0.754. The highest BCUT2D eigenvalue weighted by atomic mass is 32.2. The summed E-state index contributed by atoms with van der Waals surface area (Å²) >= 11 is 0. The largest absolute Gasteiger partial charge is 0.495 e. The Labute approximate surface area is 143 Å². The first kappa shape index (κ1) is 18.7. The average molecular weight is 353 g/mol. The molecule has 132 valence electrons. The highest BCUT2D eigenvalue weighted by molar-refractivity contribution is 7.89. The average Bonchev–Trinajstić information content (AvgIpc) is 2.60. The van der Waals surface area contributed by atoms with Gasteiger partial charge in [-0.2, -0.15) is 5.26 Å². The molecule has 0 atom stereocenters. The monoisotopic (exact) mass is 353 g/mol. The third-order valence-electron chi connectivity index (χ3n) is 4.33. The zero-order chi connectivity index (χ0) is 17.6. The number of hydrogen-bond donors (Lipinski definition) is 2. The number of hydrogen-bond acceptors (Lipinski definition) is 6. The zero-order valence-corrected chi connectivity index (χ0v) is 14.8. The van der Waals surface area contributed by atoms with E-state index in [1.807, 2.05) is 6.07 Å². The van der Waals surface area contributed by atoms with Crippen LogP contribution in [0.4, 0.5) is 0 Å². The van der Waals surface area contributed by atoms with Gasteiger partial charge in [0, 0.05) is 19.1 Å². The van der Waals surface area contributed by atoms with Crippen LogP contribution in [0.2, 0.25) is 0 Å². The summed E-state index contributed by atoms with van der Waals surface area (Å²) in [6.07, 6.45) is 1.68. The fourth-order valence-electron chi connectivity index (χ4n) is 2.92. The maximum atomic E-state index is 12.7. The molecule has 1 aliphatic rings. The molecule has 0 spiro atoms. The van der Waals surface area contributed by atoms with Crippen LogP contribution >= 0.6 is 0 Å². The van der Waals surface area contributed by atoms with Crippen LogP contribution in [0.1, 0.15) is 18.4 Å². The van der Waals surface area contributed by atoms with Gasteiger partial charge in [0.05, 0.1) is 25.3 Å². The van der Waals surface area contributed by atoms with Crippen LogP contribution in [0, 0.1) is 16.7 Å². The number of piperidine rings is 1. The minimum absolute atomic E-state index is 0.0329. The molecule has 7 nitrogen and oxygen atoms in total. The molecule has 2 N–H and O–H groups in total. The Kier molecular flexibility index (Phi) is 6.18. The molecule has 1 fully saturated rings. The molecule has 1 aromatic carbocycles. The van der Waals surface area contributed by atoms with E-state index in [0.717, 1.165) is 25.9 Å². The summed E-state index contributed by atoms with van der Waals surface area (Å²) in [4.78, 5) is 0.0329. The first-order valence-electron chi connectivity index (χ1n) is 7.74. The van der Waals surface area contributed by atoms with Crippen LogP contribution in [0.3, 0.4) is 0 Å². The van der Waals surface area contributed by atoms with E-state index in [0.29, 0.717) is 18.7 Å². The Morgan fingerprint density at radius 3 is 2.62 bits per heavy atom. The molecule has 1 aromatic rings. The van der Waals surface area contributed by atoms with Gasteiger partial charge in [-0.25, -0.2) is 13.1 Å². The van der Waals surface area contributed by atoms with E-state index in [4.69, 9.17) is 14.7 Å². The first-order chi connectivity index (χ1) is 11.5. The van der Waals surface area contributed by atoms with E-state index in [-0.39, 0.29) is 16.1 Å². The van der Waals surface area contributed by atoms with Crippen LogP contribution < -0.4 is 14.8 Å². The molecule has 0 saturated carbocycles. The lowest BCUT2D eigenvalue weighted by Gasteiger charge is -2.37. The minimum Gasteiger partial charge on any atom is -0.495 e. The van der Waals surface area contributed by atoms with Crippen molar-refractivity contribution in [1.82, 2.24) is 10.0 Å². The van der Waals surface area contributed by atoms with Crippen LogP contribution in [0.25, 0.3) is 0 Å². The number of sulfonamides is 1. The van der Waals surface area contributed by atoms with Gasteiger partial charge in [-0.1, -0.05) is 0 Å². The Morgan fingerprint density at radius 1 is 1.33 bits per heavy atom. The second kappa shape index (κ2) is 7.94. The molecule has 2 rings (SSSR count). The summed E-state index contributed by atoms with van der Waals surface area (Å²) in [6.45, 7) is 2.48. The van der Waals surface area contributed by atoms with Crippen molar-refractivity contribution in [2.24, 2.45) is 5.41 Å². The van der Waals surface area contributed by atoms with Crippen LogP contribution in [0.5, 0.6) is 5.75 Å². The highest BCUT2D eigenvalue weighted by Gasteiger charge is 2.34. The lowest BCUT2D eigenvalue weighted by atomic mass is 9.80. The lowest BCUT2D eigenvalue weighted by molar-refractivity contribution is 0.0577. The number of ether oxygens (including phenoxy) is 2. The van der Waals surface area contributed by atoms with Gasteiger partial charge in [-0.05, 0) is 44.1 Å². The topological polar surface area (TPSA) is 100 Å². The molecule has 0 aliphatic carbocycles. The van der Waals surface area contributed by atoms with E-state index in [2.05, 4.69) is 10.0 Å². The van der Waals surface area contributed by atoms with E-state index < -0.39 is 10.0 Å². The van der Waals surface area contributed by atoms with E-state index in [9.17, 15) is 8.42 Å². The molecule has 0 unspecified atom stereocenters. The summed E-state index contributed by atoms with van der Waals surface area (Å²) in [5.74, 6) is 0.160. The number of nitrogens with one attached hydrogen (secondary N) is 2. The summed E-state index contributed by atoms with van der Waals surface area (Å²) in [6, 6.07) is 6.25. The van der Waals surface area contributed by atoms with Crippen LogP contribution in [-0.4, -0.2) is 48.9 Å². The maximum Gasteiger partial charge on any atom is 0.244 e. The first-order valence-corrected chi connectivity index (χ1v) is 9.22. The predicted octanol–water partition coefficient (Wildman–Crippen LogP) is 0.861. The van der Waals surface area contributed by atoms with Gasteiger partial charge in [-0.15, -0.1) is 0 Å². The molecule has 0 amide bonds. The van der Waals surface area contributed by atoms with Gasteiger partial charge >= 0.3 is 0 Å². The van der Waals surface area contributed by atoms with E-state index in [1.165, 1.54) is 25.3 Å². The standard InChI is InChI=1S/C16H23N3O4S/c1-22-12-16(5-7-18-8-6-16)11-19-24(20,21)15-4-3-13(10-17)9-14(15)23-2/h3-4,9,18-19H,5-8,11-12H2,1-2H3. The number of methoxy groups -OCH3 is 2. The molecule has 0 radical (unpaired) electrons. The predicted molar refractivity (Wildman–Crippen MR) is 89.3 cm³/mol. The van der Waals surface area contributed by atoms with E-state index >= 15 is 0 Å². The summed E-state index contributed by atoms with van der Waals surface area (Å²) in [5.41, 5.74) is 0.132. The Balaban J connectivity index is 2.20. The summed E-state index contributed by atoms with van der Waals surface area (Å²) < 4.78 is 38.5. The van der Waals surface area contributed by atoms with Gasteiger partial charge in [0.15, 0.2) is 0 Å². The Hall–Kier alpha value is -1.66. The van der Waals surface area contributed by atoms with Crippen molar-refractivity contribution >= 4 is 10.0 Å². The third kappa shape index (κ3) is 4.24. The van der Waals surface area contributed by atoms with Crippen molar-refractivity contribution in [3.05, 3.63) is 23.8 Å². The Bertz CT molecular complexity index is 701. The number of nitrogens with zero attached hydrogens (tertiary/aromatic N) is 1. The third-order valence-corrected chi connectivity index (χ3v) is 5.77. The van der Waals surface area contributed by atoms with Crippen molar-refractivity contribution in [3.63, 3.8) is 0 Å². The van der Waals surface area contributed by atoms with Crippen molar-refractivity contribution in [1.29, 1.82) is 5.26 Å². The molecule has 1 heterocycles. The fraction of sp³-hybridized carbons (Fsp3) is 0.562. The smallest absolute Gasteiger partial charge is 0.244 e. The van der Waals surface area contributed by atoms with Crippen molar-refractivity contribution in [2.45, 2.75) is 17.7 Å². The van der Waals surface area contributed by atoms with Gasteiger partial charge in [0.1, 0.15) is 10.6 Å². The maximum absolute atomic E-state index is 12.7. The van der Waals surface area contributed by atoms with Gasteiger partial charge in [0.2, 0.25) is 10.0 Å². The van der Waals surface area contributed by atoms with Crippen molar-refractivity contribution in [2.75, 3.05) is 40.5 Å². The zero-order valence-electron chi connectivity index (χ0n) is 14.0. The summed E-state index contributed by atoms with van der Waals surface area (Å²) in [5, 5.41) is 12.2. The van der Waals surface area contributed by atoms with Crippen molar-refractivity contribution < 1.29 is 17.9 Å². The molecular weight excluding hydrogens is 330 g/mol. The lowest BCUT2D eigenvalue weighted by Crippen LogP contribution is -2.47. The molecule has 8 heteroatoms. The highest BCUT2D eigenvalue weighted by Crippen LogP contribution is 2.30. The number of nitriles is 1. The SMILES string of the molecule is COCC1(CNS(=O)(=O)c2ccc(C#N)cc2OC)CCNCC1. The molecule has 1 saturated heterocycles. The normalized spacial score (nSPS) is 17.2. The Morgan fingerprint density at radius 2 is 2.04 bits per heavy atom. The molecule has 1 aliphatic heterocycles. The fourth-order valence-corrected chi connectivity index (χ4v) is 4.23. The van der Waals surface area contributed by atoms with Gasteiger partial charge < -0.3 is 14.8 Å². The molecular formula is C16H23N3O4S. The molecule has 0 bridgehead atoms. The second-order valence-corrected chi connectivity index (χ2v) is 7.72. The number of rotatable bonds is 7. The van der Waals surface area contributed by atoms with E-state index in [1.54, 1.807) is 7.11 Å². The van der Waals surface area contributed by atoms with Gasteiger partial charge in [0.25, 0.3) is 0 Å². The molecule has 24 heavy (non-hydrogen) atoms. The van der Waals surface area contributed by atoms with Crippen LogP contribution in [0.15, 0.2) is 23.1 Å². The van der Waals surface area contributed by atoms with Crippen LogP contribution in [-0.2, 0) is 14.8 Å². The minimum atomic E-state index is -3.74.